The zero-order chi connectivity index (χ0) is 27.9. The van der Waals surface area contributed by atoms with E-state index in [1.54, 1.807) is 6.20 Å². The van der Waals surface area contributed by atoms with E-state index >= 15 is 0 Å². The Morgan fingerprint density at radius 3 is 2.75 bits per heavy atom. The van der Waals surface area contributed by atoms with Crippen molar-refractivity contribution in [3.05, 3.63) is 111 Å². The Balaban J connectivity index is 1.29. The number of hydrogen-bond acceptors (Lipinski definition) is 6. The van der Waals surface area contributed by atoms with Crippen molar-refractivity contribution in [3.8, 4) is 0 Å². The molecular formula is C30H33Cl2N7O. The van der Waals surface area contributed by atoms with Crippen molar-refractivity contribution in [2.45, 2.75) is 51.4 Å². The molecule has 1 aromatic carbocycles. The summed E-state index contributed by atoms with van der Waals surface area (Å²) in [6.07, 6.45) is 11.6. The number of carbonyl (C=O) groups is 1. The number of benzene rings is 1. The van der Waals surface area contributed by atoms with Gasteiger partial charge in [0.1, 0.15) is 5.82 Å². The summed E-state index contributed by atoms with van der Waals surface area (Å²) >= 11 is 12.3. The molecule has 0 spiro atoms. The molecule has 0 fully saturated rings. The van der Waals surface area contributed by atoms with E-state index in [9.17, 15) is 4.79 Å². The second-order valence-corrected chi connectivity index (χ2v) is 10.9. The van der Waals surface area contributed by atoms with Crippen molar-refractivity contribution >= 4 is 29.1 Å². The molecule has 2 atom stereocenters. The first-order valence-corrected chi connectivity index (χ1v) is 14.3. The summed E-state index contributed by atoms with van der Waals surface area (Å²) in [6, 6.07) is 12.9. The summed E-state index contributed by atoms with van der Waals surface area (Å²) in [5, 5.41) is 6.99. The van der Waals surface area contributed by atoms with Gasteiger partial charge < -0.3 is 15.6 Å². The summed E-state index contributed by atoms with van der Waals surface area (Å²) in [4.78, 5) is 31.6. The van der Waals surface area contributed by atoms with E-state index < -0.39 is 0 Å². The Bertz CT molecular complexity index is 1410. The molecule has 10 heteroatoms. The number of carbonyl (C=O) groups excluding carboxylic acids is 1. The third kappa shape index (κ3) is 6.88. The van der Waals surface area contributed by atoms with Crippen LogP contribution in [0, 0.1) is 0 Å². The van der Waals surface area contributed by atoms with E-state index in [0.717, 1.165) is 50.3 Å². The van der Waals surface area contributed by atoms with Gasteiger partial charge in [-0.05, 0) is 48.9 Å². The summed E-state index contributed by atoms with van der Waals surface area (Å²) < 4.78 is 0. The maximum absolute atomic E-state index is 12.8. The average Bonchev–Trinajstić information content (AvgIpc) is 3.51. The highest BCUT2D eigenvalue weighted by Gasteiger charge is 2.27. The SMILES string of the molecule is CC(NCCN(Cc1cccc(CNC(=O)c2c(Cl)cncc2Cl)c1)C1CCCc2cccnc21)c1ncc[nH]1. The van der Waals surface area contributed by atoms with Gasteiger partial charge in [-0.1, -0.05) is 53.5 Å². The van der Waals surface area contributed by atoms with E-state index in [1.165, 1.54) is 29.2 Å². The van der Waals surface area contributed by atoms with E-state index in [0.29, 0.717) is 6.54 Å². The first-order valence-electron chi connectivity index (χ1n) is 13.5. The number of fused-ring (bicyclic) bond motifs is 1. The Hall–Kier alpha value is -3.30. The first kappa shape index (κ1) is 28.2. The van der Waals surface area contributed by atoms with Crippen LogP contribution in [0.4, 0.5) is 0 Å². The minimum atomic E-state index is -0.328. The lowest BCUT2D eigenvalue weighted by Crippen LogP contribution is -2.37. The number of halogens is 2. The van der Waals surface area contributed by atoms with Crippen LogP contribution in [0.3, 0.4) is 0 Å². The summed E-state index contributed by atoms with van der Waals surface area (Å²) in [7, 11) is 0. The third-order valence-corrected chi connectivity index (χ3v) is 7.87. The van der Waals surface area contributed by atoms with E-state index in [1.807, 2.05) is 30.6 Å². The molecule has 1 amide bonds. The maximum atomic E-state index is 12.8. The molecule has 0 saturated heterocycles. The molecule has 8 nitrogen and oxygen atoms in total. The number of nitrogens with zero attached hydrogens (tertiary/aromatic N) is 4. The van der Waals surface area contributed by atoms with E-state index in [2.05, 4.69) is 55.6 Å². The smallest absolute Gasteiger partial charge is 0.254 e. The predicted octanol–water partition coefficient (Wildman–Crippen LogP) is 5.67. The van der Waals surface area contributed by atoms with Gasteiger partial charge in [0.25, 0.3) is 5.91 Å². The molecule has 1 aliphatic carbocycles. The first-order chi connectivity index (χ1) is 19.5. The Morgan fingerprint density at radius 2 is 1.95 bits per heavy atom. The molecular weight excluding hydrogens is 545 g/mol. The molecule has 4 aromatic rings. The minimum Gasteiger partial charge on any atom is -0.348 e. The van der Waals surface area contributed by atoms with Crippen LogP contribution in [0.2, 0.25) is 10.0 Å². The van der Waals surface area contributed by atoms with Crippen LogP contribution in [-0.2, 0) is 19.5 Å². The fourth-order valence-electron chi connectivity index (χ4n) is 5.29. The minimum absolute atomic E-state index is 0.128. The Labute approximate surface area is 244 Å². The average molecular weight is 579 g/mol. The Morgan fingerprint density at radius 1 is 1.12 bits per heavy atom. The molecule has 3 aromatic heterocycles. The van der Waals surface area contributed by atoms with Gasteiger partial charge in [0.2, 0.25) is 0 Å². The zero-order valence-electron chi connectivity index (χ0n) is 22.4. The zero-order valence-corrected chi connectivity index (χ0v) is 23.9. The van der Waals surface area contributed by atoms with Gasteiger partial charge in [0.15, 0.2) is 0 Å². The molecule has 3 N–H and O–H groups in total. The Kier molecular flexibility index (Phi) is 9.44. The number of rotatable bonds is 11. The van der Waals surface area contributed by atoms with Crippen molar-refractivity contribution in [3.63, 3.8) is 0 Å². The van der Waals surface area contributed by atoms with Gasteiger partial charge in [0.05, 0.1) is 33.4 Å². The largest absolute Gasteiger partial charge is 0.348 e. The van der Waals surface area contributed by atoms with Crippen molar-refractivity contribution < 1.29 is 4.79 Å². The molecule has 5 rings (SSSR count). The number of amides is 1. The van der Waals surface area contributed by atoms with Crippen molar-refractivity contribution in [2.24, 2.45) is 0 Å². The topological polar surface area (TPSA) is 98.8 Å². The van der Waals surface area contributed by atoms with E-state index in [4.69, 9.17) is 28.2 Å². The van der Waals surface area contributed by atoms with Crippen LogP contribution in [-0.4, -0.2) is 43.8 Å². The monoisotopic (exact) mass is 577 g/mol. The molecule has 40 heavy (non-hydrogen) atoms. The molecule has 0 aliphatic heterocycles. The molecule has 1 aliphatic rings. The second-order valence-electron chi connectivity index (χ2n) is 10.1. The fourth-order valence-corrected chi connectivity index (χ4v) is 5.83. The lowest BCUT2D eigenvalue weighted by molar-refractivity contribution is 0.0951. The van der Waals surface area contributed by atoms with Gasteiger partial charge >= 0.3 is 0 Å². The molecule has 208 valence electrons. The van der Waals surface area contributed by atoms with Crippen LogP contribution >= 0.6 is 23.2 Å². The second kappa shape index (κ2) is 13.4. The third-order valence-electron chi connectivity index (χ3n) is 7.30. The van der Waals surface area contributed by atoms with Crippen molar-refractivity contribution in [1.82, 2.24) is 35.5 Å². The van der Waals surface area contributed by atoms with Crippen LogP contribution in [0.25, 0.3) is 0 Å². The molecule has 0 radical (unpaired) electrons. The number of pyridine rings is 2. The number of hydrogen-bond donors (Lipinski definition) is 3. The molecule has 0 saturated carbocycles. The van der Waals surface area contributed by atoms with Gasteiger partial charge in [-0.2, -0.15) is 0 Å². The number of nitrogens with one attached hydrogen (secondary N) is 3. The quantitative estimate of drug-likeness (QED) is 0.212. The highest BCUT2D eigenvalue weighted by Crippen LogP contribution is 2.33. The van der Waals surface area contributed by atoms with Crippen LogP contribution in [0.1, 0.15) is 70.4 Å². The number of H-pyrrole nitrogens is 1. The lowest BCUT2D eigenvalue weighted by Gasteiger charge is -2.35. The van der Waals surface area contributed by atoms with Crippen LogP contribution in [0.15, 0.2) is 67.4 Å². The highest BCUT2D eigenvalue weighted by atomic mass is 35.5. The van der Waals surface area contributed by atoms with Crippen LogP contribution < -0.4 is 10.6 Å². The number of imidazole rings is 1. The fraction of sp³-hybridized carbons (Fsp3) is 0.333. The van der Waals surface area contributed by atoms with Gasteiger partial charge in [0, 0.05) is 57.2 Å². The standard InChI is InChI=1S/C30H33Cl2N7O/c1-20(29-36-11-12-37-29)34-13-14-39(26-9-3-7-23-8-4-10-35-28(23)26)19-22-6-2-5-21(15-22)16-38-30(40)27-24(31)17-33-18-25(27)32/h2,4-6,8,10-12,15,17-18,20,26,34H,3,7,9,13-14,16,19H2,1H3,(H,36,37)(H,38,40). The van der Waals surface area contributed by atoms with Crippen LogP contribution in [0.5, 0.6) is 0 Å². The highest BCUT2D eigenvalue weighted by molar-refractivity contribution is 6.39. The van der Waals surface area contributed by atoms with E-state index in [-0.39, 0.29) is 33.6 Å². The van der Waals surface area contributed by atoms with Crippen molar-refractivity contribution in [2.75, 3.05) is 13.1 Å². The number of aryl methyl sites for hydroxylation is 1. The lowest BCUT2D eigenvalue weighted by atomic mass is 9.90. The molecule has 2 unspecified atom stereocenters. The number of aromatic nitrogens is 4. The molecule has 3 heterocycles. The summed E-state index contributed by atoms with van der Waals surface area (Å²) in [5.74, 6) is 0.603. The molecule has 0 bridgehead atoms. The van der Waals surface area contributed by atoms with Crippen molar-refractivity contribution in [1.29, 1.82) is 0 Å². The van der Waals surface area contributed by atoms with Gasteiger partial charge in [-0.3, -0.25) is 19.7 Å². The van der Waals surface area contributed by atoms with Gasteiger partial charge in [-0.15, -0.1) is 0 Å². The normalized spacial score (nSPS) is 15.6. The predicted molar refractivity (Wildman–Crippen MR) is 157 cm³/mol. The van der Waals surface area contributed by atoms with Gasteiger partial charge in [-0.25, -0.2) is 4.98 Å². The maximum Gasteiger partial charge on any atom is 0.254 e. The number of aromatic amines is 1. The summed E-state index contributed by atoms with van der Waals surface area (Å²) in [6.45, 7) is 4.90. The summed E-state index contributed by atoms with van der Waals surface area (Å²) in [5.41, 5.74) is 4.93.